The number of carbonyl (C=O) groups excluding carboxylic acids is 2. The maximum atomic E-state index is 12.1. The summed E-state index contributed by atoms with van der Waals surface area (Å²) in [7, 11) is 0. The third-order valence-electron chi connectivity index (χ3n) is 3.25. The van der Waals surface area contributed by atoms with E-state index >= 15 is 0 Å². The number of imide groups is 1. The van der Waals surface area contributed by atoms with Crippen molar-refractivity contribution >= 4 is 35.4 Å². The average Bonchev–Trinajstić information content (AvgIpc) is 3.32. The van der Waals surface area contributed by atoms with Gasteiger partial charge in [-0.1, -0.05) is 12.1 Å². The van der Waals surface area contributed by atoms with E-state index < -0.39 is 22.7 Å². The molecule has 11 nitrogen and oxygen atoms in total. The first kappa shape index (κ1) is 18.7. The predicted molar refractivity (Wildman–Crippen MR) is 98.2 cm³/mol. The lowest BCUT2D eigenvalue weighted by Crippen LogP contribution is -2.37. The highest BCUT2D eigenvalue weighted by Gasteiger charge is 2.16. The van der Waals surface area contributed by atoms with E-state index in [-0.39, 0.29) is 17.2 Å². The molecule has 0 aliphatic carbocycles. The van der Waals surface area contributed by atoms with Crippen LogP contribution < -0.4 is 10.7 Å². The molecule has 0 aliphatic heterocycles. The molecule has 0 radical (unpaired) electrons. The number of aromatic hydroxyl groups is 1. The first-order valence-electron chi connectivity index (χ1n) is 7.56. The Kier molecular flexibility index (Phi) is 5.41. The van der Waals surface area contributed by atoms with Gasteiger partial charge in [-0.25, -0.2) is 15.2 Å². The van der Waals surface area contributed by atoms with Crippen LogP contribution in [0.2, 0.25) is 0 Å². The van der Waals surface area contributed by atoms with Crippen molar-refractivity contribution in [3.05, 3.63) is 63.3 Å². The van der Waals surface area contributed by atoms with Crippen LogP contribution in [0, 0.1) is 10.1 Å². The number of nitro groups is 1. The molecule has 0 spiro atoms. The van der Waals surface area contributed by atoms with Gasteiger partial charge in [-0.15, -0.1) is 11.3 Å². The van der Waals surface area contributed by atoms with Crippen LogP contribution >= 0.6 is 11.3 Å². The Morgan fingerprint density at radius 3 is 2.79 bits per heavy atom. The number of nitrogens with zero attached hydrogens (tertiary/aromatic N) is 3. The highest BCUT2D eigenvalue weighted by atomic mass is 32.1. The number of nitrogens with one attached hydrogen (secondary N) is 2. The van der Waals surface area contributed by atoms with Crippen molar-refractivity contribution in [1.29, 1.82) is 0 Å². The van der Waals surface area contributed by atoms with Gasteiger partial charge >= 0.3 is 11.9 Å². The molecule has 0 fully saturated rings. The molecule has 0 atom stereocenters. The molecule has 142 valence electrons. The topological polar surface area (TPSA) is 160 Å². The smallest absolute Gasteiger partial charge is 0.433 e. The van der Waals surface area contributed by atoms with Crippen molar-refractivity contribution < 1.29 is 24.0 Å². The van der Waals surface area contributed by atoms with Crippen LogP contribution in [0.4, 0.5) is 10.7 Å². The summed E-state index contributed by atoms with van der Waals surface area (Å²) in [5.74, 6) is -1.16. The van der Waals surface area contributed by atoms with Crippen LogP contribution in [0.5, 0.6) is 5.75 Å². The summed E-state index contributed by atoms with van der Waals surface area (Å²) in [5.41, 5.74) is 2.48. The normalized spacial score (nSPS) is 10.7. The van der Waals surface area contributed by atoms with Gasteiger partial charge in [0.05, 0.1) is 17.8 Å². The molecule has 2 aromatic heterocycles. The second-order valence-electron chi connectivity index (χ2n) is 5.14. The zero-order valence-electron chi connectivity index (χ0n) is 13.9. The Balaban J connectivity index is 1.57. The SMILES string of the molecule is O=C(NN=Cc1ccc([N+](=O)[O-])o1)NC(=O)c1csc(-c2ccccc2O)n1. The van der Waals surface area contributed by atoms with Gasteiger partial charge in [-0.3, -0.25) is 20.2 Å². The van der Waals surface area contributed by atoms with Crippen molar-refractivity contribution in [1.82, 2.24) is 15.7 Å². The van der Waals surface area contributed by atoms with Gasteiger partial charge in [0.2, 0.25) is 0 Å². The molecule has 2 heterocycles. The maximum Gasteiger partial charge on any atom is 0.433 e. The molecular formula is C16H11N5O6S. The van der Waals surface area contributed by atoms with E-state index in [1.807, 2.05) is 10.7 Å². The minimum atomic E-state index is -0.931. The minimum Gasteiger partial charge on any atom is -0.507 e. The second kappa shape index (κ2) is 8.09. The van der Waals surface area contributed by atoms with E-state index in [0.29, 0.717) is 10.6 Å². The first-order valence-corrected chi connectivity index (χ1v) is 8.44. The van der Waals surface area contributed by atoms with Crippen LogP contribution in [0.3, 0.4) is 0 Å². The fraction of sp³-hybridized carbons (Fsp3) is 0. The van der Waals surface area contributed by atoms with E-state index in [9.17, 15) is 24.8 Å². The summed E-state index contributed by atoms with van der Waals surface area (Å²) in [5, 5.41) is 27.7. The van der Waals surface area contributed by atoms with E-state index in [0.717, 1.165) is 23.6 Å². The van der Waals surface area contributed by atoms with E-state index in [4.69, 9.17) is 4.42 Å². The number of thiazole rings is 1. The maximum absolute atomic E-state index is 12.1. The van der Waals surface area contributed by atoms with Crippen molar-refractivity contribution in [2.45, 2.75) is 0 Å². The van der Waals surface area contributed by atoms with Gasteiger partial charge in [-0.05, 0) is 18.2 Å². The van der Waals surface area contributed by atoms with Crippen LogP contribution in [0.25, 0.3) is 10.6 Å². The summed E-state index contributed by atoms with van der Waals surface area (Å²) >= 11 is 1.13. The number of hydrogen-bond donors (Lipinski definition) is 3. The molecular weight excluding hydrogens is 390 g/mol. The Labute approximate surface area is 160 Å². The highest BCUT2D eigenvalue weighted by Crippen LogP contribution is 2.30. The van der Waals surface area contributed by atoms with Gasteiger partial charge in [-0.2, -0.15) is 5.10 Å². The Bertz CT molecular complexity index is 1070. The third kappa shape index (κ3) is 4.37. The Morgan fingerprint density at radius 2 is 2.07 bits per heavy atom. The monoisotopic (exact) mass is 401 g/mol. The van der Waals surface area contributed by atoms with Crippen molar-refractivity contribution in [3.8, 4) is 16.3 Å². The van der Waals surface area contributed by atoms with Crippen molar-refractivity contribution in [3.63, 3.8) is 0 Å². The zero-order valence-corrected chi connectivity index (χ0v) is 14.7. The van der Waals surface area contributed by atoms with Gasteiger partial charge in [0.25, 0.3) is 5.91 Å². The number of amides is 3. The summed E-state index contributed by atoms with van der Waals surface area (Å²) in [6.07, 6.45) is 1.04. The molecule has 1 aromatic carbocycles. The number of furan rings is 1. The Morgan fingerprint density at radius 1 is 1.29 bits per heavy atom. The quantitative estimate of drug-likeness (QED) is 0.336. The van der Waals surface area contributed by atoms with Crippen LogP contribution in [-0.2, 0) is 0 Å². The number of phenols is 1. The number of carbonyl (C=O) groups is 2. The minimum absolute atomic E-state index is 0.0101. The molecule has 28 heavy (non-hydrogen) atoms. The second-order valence-corrected chi connectivity index (χ2v) is 6.00. The van der Waals surface area contributed by atoms with E-state index in [1.54, 1.807) is 18.2 Å². The molecule has 0 aliphatic rings. The zero-order chi connectivity index (χ0) is 20.1. The lowest BCUT2D eigenvalue weighted by molar-refractivity contribution is -0.402. The number of hydrogen-bond acceptors (Lipinski definition) is 9. The highest BCUT2D eigenvalue weighted by molar-refractivity contribution is 7.13. The number of para-hydroxylation sites is 1. The fourth-order valence-electron chi connectivity index (χ4n) is 2.02. The first-order chi connectivity index (χ1) is 13.4. The van der Waals surface area contributed by atoms with E-state index in [1.165, 1.54) is 17.5 Å². The molecule has 3 rings (SSSR count). The summed E-state index contributed by atoms with van der Waals surface area (Å²) < 4.78 is 4.82. The molecule has 0 bridgehead atoms. The summed E-state index contributed by atoms with van der Waals surface area (Å²) in [6.45, 7) is 0. The third-order valence-corrected chi connectivity index (χ3v) is 4.12. The largest absolute Gasteiger partial charge is 0.507 e. The molecule has 3 amide bonds. The standard InChI is InChI=1S/C16H11N5O6S/c22-12-4-2-1-3-10(12)15-18-11(8-28-15)14(23)19-16(24)20-17-7-9-5-6-13(27-9)21(25)26/h1-8,22H,(H2,19,20,23,24). The molecule has 3 aromatic rings. The van der Waals surface area contributed by atoms with Gasteiger partial charge in [0.15, 0.2) is 5.76 Å². The molecule has 3 N–H and O–H groups in total. The van der Waals surface area contributed by atoms with Crippen LogP contribution in [-0.4, -0.2) is 33.2 Å². The lowest BCUT2D eigenvalue weighted by Gasteiger charge is -2.01. The Hall–Kier alpha value is -4.06. The van der Waals surface area contributed by atoms with Crippen molar-refractivity contribution in [2.24, 2.45) is 5.10 Å². The van der Waals surface area contributed by atoms with Crippen molar-refractivity contribution in [2.75, 3.05) is 0 Å². The number of benzene rings is 1. The van der Waals surface area contributed by atoms with Crippen LogP contribution in [0.15, 0.2) is 51.3 Å². The lowest BCUT2D eigenvalue weighted by atomic mass is 10.2. The fourth-order valence-corrected chi connectivity index (χ4v) is 2.85. The van der Waals surface area contributed by atoms with E-state index in [2.05, 4.69) is 10.1 Å². The van der Waals surface area contributed by atoms with Gasteiger partial charge < -0.3 is 9.52 Å². The average molecular weight is 401 g/mol. The number of phenolic OH excluding ortho intramolecular Hbond substituents is 1. The number of aromatic nitrogens is 1. The number of hydrazone groups is 1. The number of rotatable bonds is 5. The molecule has 0 saturated carbocycles. The number of urea groups is 1. The summed E-state index contributed by atoms with van der Waals surface area (Å²) in [4.78, 5) is 37.6. The predicted octanol–water partition coefficient (Wildman–Crippen LogP) is 2.49. The molecule has 0 saturated heterocycles. The van der Waals surface area contributed by atoms with Gasteiger partial charge in [0, 0.05) is 5.38 Å². The van der Waals surface area contributed by atoms with Gasteiger partial charge in [0.1, 0.15) is 21.4 Å². The van der Waals surface area contributed by atoms with Crippen LogP contribution in [0.1, 0.15) is 16.2 Å². The summed E-state index contributed by atoms with van der Waals surface area (Å²) in [6, 6.07) is 8.02. The molecule has 0 unspecified atom stereocenters. The molecule has 12 heteroatoms.